The summed E-state index contributed by atoms with van der Waals surface area (Å²) in [6.07, 6.45) is 2.78. The first kappa shape index (κ1) is 12.8. The molecule has 0 saturated carbocycles. The molecule has 0 spiro atoms. The number of aromatic nitrogens is 4. The zero-order chi connectivity index (χ0) is 12.8. The number of nitrogens with one attached hydrogen (secondary N) is 1. The number of furan rings is 1. The summed E-state index contributed by atoms with van der Waals surface area (Å²) in [5, 5.41) is 15.5. The van der Waals surface area contributed by atoms with Crippen LogP contribution in [0.3, 0.4) is 0 Å². The third-order valence-corrected chi connectivity index (χ3v) is 2.58. The van der Waals surface area contributed by atoms with Gasteiger partial charge in [-0.2, -0.15) is 4.80 Å². The van der Waals surface area contributed by atoms with Gasteiger partial charge in [-0.15, -0.1) is 10.2 Å². The minimum atomic E-state index is 0.530. The zero-order valence-electron chi connectivity index (χ0n) is 10.8. The Morgan fingerprint density at radius 1 is 1.39 bits per heavy atom. The van der Waals surface area contributed by atoms with E-state index in [4.69, 9.17) is 4.42 Å². The van der Waals surface area contributed by atoms with Gasteiger partial charge >= 0.3 is 0 Å². The highest BCUT2D eigenvalue weighted by molar-refractivity contribution is 5.43. The molecule has 0 unspecified atom stereocenters. The van der Waals surface area contributed by atoms with Gasteiger partial charge in [0, 0.05) is 6.54 Å². The highest BCUT2D eigenvalue weighted by atomic mass is 16.3. The first-order valence-electron chi connectivity index (χ1n) is 6.28. The Morgan fingerprint density at radius 3 is 3.00 bits per heavy atom. The van der Waals surface area contributed by atoms with Crippen molar-refractivity contribution in [1.82, 2.24) is 25.5 Å². The lowest BCUT2D eigenvalue weighted by molar-refractivity contribution is 0.471. The van der Waals surface area contributed by atoms with Crippen LogP contribution in [0.1, 0.15) is 20.3 Å². The maximum Gasteiger partial charge on any atom is 0.240 e. The summed E-state index contributed by atoms with van der Waals surface area (Å²) in [6, 6.07) is 3.63. The summed E-state index contributed by atoms with van der Waals surface area (Å²) in [6.45, 7) is 7.02. The number of hydrogen-bond acceptors (Lipinski definition) is 5. The van der Waals surface area contributed by atoms with Crippen molar-refractivity contribution in [2.75, 3.05) is 13.1 Å². The monoisotopic (exact) mass is 249 g/mol. The van der Waals surface area contributed by atoms with Gasteiger partial charge in [-0.3, -0.25) is 0 Å². The van der Waals surface area contributed by atoms with Crippen LogP contribution in [-0.2, 0) is 6.54 Å². The average molecular weight is 249 g/mol. The maximum absolute atomic E-state index is 5.21. The summed E-state index contributed by atoms with van der Waals surface area (Å²) < 4.78 is 5.21. The largest absolute Gasteiger partial charge is 0.461 e. The van der Waals surface area contributed by atoms with Crippen LogP contribution in [0.4, 0.5) is 0 Å². The smallest absolute Gasteiger partial charge is 0.240 e. The quantitative estimate of drug-likeness (QED) is 0.754. The van der Waals surface area contributed by atoms with E-state index in [0.29, 0.717) is 18.1 Å². The van der Waals surface area contributed by atoms with Gasteiger partial charge < -0.3 is 9.73 Å². The molecule has 0 radical (unpaired) electrons. The second-order valence-electron chi connectivity index (χ2n) is 4.62. The van der Waals surface area contributed by atoms with E-state index in [0.717, 1.165) is 19.0 Å². The molecule has 2 aromatic rings. The maximum atomic E-state index is 5.21. The number of rotatable bonds is 7. The van der Waals surface area contributed by atoms with Gasteiger partial charge in [-0.05, 0) is 36.2 Å². The van der Waals surface area contributed by atoms with Gasteiger partial charge in [0.1, 0.15) is 0 Å². The Balaban J connectivity index is 1.74. The Labute approximate surface area is 106 Å². The SMILES string of the molecule is CC(C)CCNCCn1nnc(-c2ccco2)n1. The van der Waals surface area contributed by atoms with E-state index in [-0.39, 0.29) is 0 Å². The Morgan fingerprint density at radius 2 is 2.28 bits per heavy atom. The Kier molecular flexibility index (Phi) is 4.46. The lowest BCUT2D eigenvalue weighted by atomic mass is 10.1. The van der Waals surface area contributed by atoms with E-state index in [1.807, 2.05) is 12.1 Å². The molecule has 0 aromatic carbocycles. The lowest BCUT2D eigenvalue weighted by Crippen LogP contribution is -2.23. The molecular weight excluding hydrogens is 230 g/mol. The third-order valence-electron chi connectivity index (χ3n) is 2.58. The van der Waals surface area contributed by atoms with Crippen molar-refractivity contribution < 1.29 is 4.42 Å². The summed E-state index contributed by atoms with van der Waals surface area (Å²) in [7, 11) is 0. The predicted octanol–water partition coefficient (Wildman–Crippen LogP) is 1.57. The molecule has 0 saturated heterocycles. The fourth-order valence-electron chi connectivity index (χ4n) is 1.54. The molecule has 0 bridgehead atoms. The van der Waals surface area contributed by atoms with E-state index in [2.05, 4.69) is 34.6 Å². The molecule has 0 aliphatic rings. The summed E-state index contributed by atoms with van der Waals surface area (Å²) >= 11 is 0. The second-order valence-corrected chi connectivity index (χ2v) is 4.62. The summed E-state index contributed by atoms with van der Waals surface area (Å²) in [5.41, 5.74) is 0. The molecule has 2 rings (SSSR count). The molecule has 2 heterocycles. The summed E-state index contributed by atoms with van der Waals surface area (Å²) in [5.74, 6) is 1.91. The Bertz CT molecular complexity index is 449. The van der Waals surface area contributed by atoms with Crippen LogP contribution in [-0.4, -0.2) is 33.3 Å². The second kappa shape index (κ2) is 6.30. The molecule has 98 valence electrons. The van der Waals surface area contributed by atoms with E-state index >= 15 is 0 Å². The minimum Gasteiger partial charge on any atom is -0.461 e. The van der Waals surface area contributed by atoms with Gasteiger partial charge in [0.05, 0.1) is 12.8 Å². The van der Waals surface area contributed by atoms with E-state index < -0.39 is 0 Å². The minimum absolute atomic E-state index is 0.530. The van der Waals surface area contributed by atoms with Crippen LogP contribution in [0.2, 0.25) is 0 Å². The molecule has 0 aliphatic heterocycles. The number of nitrogens with zero attached hydrogens (tertiary/aromatic N) is 4. The third kappa shape index (κ3) is 3.66. The first-order chi connectivity index (χ1) is 8.75. The standard InChI is InChI=1S/C12H19N5O/c1-10(2)5-6-13-7-8-17-15-12(14-16-17)11-4-3-9-18-11/h3-4,9-10,13H,5-8H2,1-2H3. The fourth-order valence-corrected chi connectivity index (χ4v) is 1.54. The van der Waals surface area contributed by atoms with Crippen molar-refractivity contribution in [2.24, 2.45) is 5.92 Å². The van der Waals surface area contributed by atoms with Crippen LogP contribution in [0, 0.1) is 5.92 Å². The fraction of sp³-hybridized carbons (Fsp3) is 0.583. The van der Waals surface area contributed by atoms with Gasteiger partial charge in [-0.25, -0.2) is 0 Å². The van der Waals surface area contributed by atoms with Gasteiger partial charge in [0.2, 0.25) is 5.82 Å². The van der Waals surface area contributed by atoms with E-state index in [1.54, 1.807) is 11.1 Å². The normalized spacial score (nSPS) is 11.3. The van der Waals surface area contributed by atoms with Crippen molar-refractivity contribution in [3.63, 3.8) is 0 Å². The van der Waals surface area contributed by atoms with Crippen molar-refractivity contribution >= 4 is 0 Å². The summed E-state index contributed by atoms with van der Waals surface area (Å²) in [4.78, 5) is 1.58. The van der Waals surface area contributed by atoms with Crippen LogP contribution in [0.15, 0.2) is 22.8 Å². The molecule has 6 nitrogen and oxygen atoms in total. The highest BCUT2D eigenvalue weighted by Gasteiger charge is 2.07. The van der Waals surface area contributed by atoms with Crippen molar-refractivity contribution in [2.45, 2.75) is 26.8 Å². The molecule has 18 heavy (non-hydrogen) atoms. The average Bonchev–Trinajstić information content (AvgIpc) is 2.98. The van der Waals surface area contributed by atoms with Crippen LogP contribution in [0.5, 0.6) is 0 Å². The Hall–Kier alpha value is -1.69. The molecule has 0 atom stereocenters. The predicted molar refractivity (Wildman–Crippen MR) is 67.8 cm³/mol. The highest BCUT2D eigenvalue weighted by Crippen LogP contribution is 2.12. The van der Waals surface area contributed by atoms with Gasteiger partial charge in [0.15, 0.2) is 5.76 Å². The number of tetrazole rings is 1. The molecule has 6 heteroatoms. The van der Waals surface area contributed by atoms with Crippen molar-refractivity contribution in [1.29, 1.82) is 0 Å². The van der Waals surface area contributed by atoms with Crippen LogP contribution >= 0.6 is 0 Å². The van der Waals surface area contributed by atoms with E-state index in [1.165, 1.54) is 6.42 Å². The zero-order valence-corrected chi connectivity index (χ0v) is 10.8. The van der Waals surface area contributed by atoms with Crippen LogP contribution < -0.4 is 5.32 Å². The molecule has 2 aromatic heterocycles. The van der Waals surface area contributed by atoms with Crippen LogP contribution in [0.25, 0.3) is 11.6 Å². The molecular formula is C12H19N5O. The number of hydrogen-bond donors (Lipinski definition) is 1. The molecule has 0 fully saturated rings. The topological polar surface area (TPSA) is 68.8 Å². The van der Waals surface area contributed by atoms with E-state index in [9.17, 15) is 0 Å². The van der Waals surface area contributed by atoms with Crippen molar-refractivity contribution in [3.05, 3.63) is 18.4 Å². The van der Waals surface area contributed by atoms with Crippen molar-refractivity contribution in [3.8, 4) is 11.6 Å². The van der Waals surface area contributed by atoms with Gasteiger partial charge in [-0.1, -0.05) is 13.8 Å². The molecule has 0 amide bonds. The first-order valence-corrected chi connectivity index (χ1v) is 6.28. The molecule has 1 N–H and O–H groups in total. The lowest BCUT2D eigenvalue weighted by Gasteiger charge is -2.05. The van der Waals surface area contributed by atoms with Gasteiger partial charge in [0.25, 0.3) is 0 Å². The molecule has 0 aliphatic carbocycles.